The minimum atomic E-state index is 0.701. The van der Waals surface area contributed by atoms with E-state index >= 15 is 0 Å². The van der Waals surface area contributed by atoms with Crippen molar-refractivity contribution in [1.82, 2.24) is 4.98 Å². The lowest BCUT2D eigenvalue weighted by Crippen LogP contribution is -1.90. The Morgan fingerprint density at radius 1 is 0.920 bits per heavy atom. The van der Waals surface area contributed by atoms with E-state index in [1.807, 2.05) is 42.1 Å². The summed E-state index contributed by atoms with van der Waals surface area (Å²) < 4.78 is 5.41. The summed E-state index contributed by atoms with van der Waals surface area (Å²) in [5.74, 6) is 1.73. The van der Waals surface area contributed by atoms with Gasteiger partial charge in [-0.2, -0.15) is 0 Å². The number of aromatic nitrogens is 1. The molecule has 2 nitrogen and oxygen atoms in total. The van der Waals surface area contributed by atoms with E-state index in [9.17, 15) is 0 Å². The Morgan fingerprint density at radius 2 is 1.76 bits per heavy atom. The van der Waals surface area contributed by atoms with Gasteiger partial charge in [0.05, 0.1) is 18.1 Å². The lowest BCUT2D eigenvalue weighted by atomic mass is 10.1. The van der Waals surface area contributed by atoms with Gasteiger partial charge >= 0.3 is 0 Å². The molecule has 0 N–H and O–H groups in total. The molecule has 124 valence electrons. The lowest BCUT2D eigenvalue weighted by Gasteiger charge is -2.12. The van der Waals surface area contributed by atoms with Crippen LogP contribution in [0.2, 0.25) is 5.02 Å². The first-order valence-electron chi connectivity index (χ1n) is 7.98. The third-order valence-electron chi connectivity index (χ3n) is 4.12. The third kappa shape index (κ3) is 3.30. The number of halogens is 1. The molecule has 1 aromatic heterocycles. The van der Waals surface area contributed by atoms with Crippen LogP contribution < -0.4 is 4.74 Å². The van der Waals surface area contributed by atoms with Gasteiger partial charge in [-0.15, -0.1) is 11.8 Å². The highest BCUT2D eigenvalue weighted by Crippen LogP contribution is 2.38. The molecule has 4 aromatic rings. The van der Waals surface area contributed by atoms with Gasteiger partial charge in [-0.1, -0.05) is 48.0 Å². The molecule has 0 radical (unpaired) electrons. The standard InChI is InChI=1S/C21H16ClNOS/c1-24-16-8-10-19-18(12-16)21(25-13-14-5-3-2-4-6-14)17-9-7-15(22)11-20(17)23-19/h2-12H,13H2,1H3. The second-order valence-electron chi connectivity index (χ2n) is 5.76. The van der Waals surface area contributed by atoms with Crippen molar-refractivity contribution in [2.45, 2.75) is 10.6 Å². The predicted octanol–water partition coefficient (Wildman–Crippen LogP) is 6.34. The Morgan fingerprint density at radius 3 is 2.56 bits per heavy atom. The van der Waals surface area contributed by atoms with Crippen molar-refractivity contribution in [3.8, 4) is 5.75 Å². The number of hydrogen-bond acceptors (Lipinski definition) is 3. The van der Waals surface area contributed by atoms with Crippen LogP contribution in [0.25, 0.3) is 21.8 Å². The number of hydrogen-bond donors (Lipinski definition) is 0. The number of ether oxygens (including phenoxy) is 1. The fraction of sp³-hybridized carbons (Fsp3) is 0.0952. The first kappa shape index (κ1) is 16.2. The highest BCUT2D eigenvalue weighted by molar-refractivity contribution is 7.99. The molecule has 0 saturated heterocycles. The van der Waals surface area contributed by atoms with Crippen LogP contribution in [0.1, 0.15) is 5.56 Å². The van der Waals surface area contributed by atoms with Crippen LogP contribution in [0.4, 0.5) is 0 Å². The summed E-state index contributed by atoms with van der Waals surface area (Å²) >= 11 is 7.99. The number of fused-ring (bicyclic) bond motifs is 2. The molecule has 0 bridgehead atoms. The molecule has 0 aliphatic carbocycles. The quantitative estimate of drug-likeness (QED) is 0.311. The van der Waals surface area contributed by atoms with Crippen LogP contribution in [0.15, 0.2) is 71.6 Å². The first-order valence-corrected chi connectivity index (χ1v) is 9.35. The van der Waals surface area contributed by atoms with Crippen molar-refractivity contribution in [3.05, 3.63) is 77.3 Å². The van der Waals surface area contributed by atoms with Crippen LogP contribution in [-0.4, -0.2) is 12.1 Å². The highest BCUT2D eigenvalue weighted by Gasteiger charge is 2.11. The van der Waals surface area contributed by atoms with Crippen molar-refractivity contribution in [1.29, 1.82) is 0 Å². The van der Waals surface area contributed by atoms with Gasteiger partial charge in [0.15, 0.2) is 0 Å². The number of methoxy groups -OCH3 is 1. The Bertz CT molecular complexity index is 1050. The van der Waals surface area contributed by atoms with Gasteiger partial charge < -0.3 is 4.74 Å². The number of thioether (sulfide) groups is 1. The van der Waals surface area contributed by atoms with Crippen molar-refractivity contribution < 1.29 is 4.74 Å². The van der Waals surface area contributed by atoms with Crippen LogP contribution >= 0.6 is 23.4 Å². The van der Waals surface area contributed by atoms with Gasteiger partial charge in [0.1, 0.15) is 5.75 Å². The summed E-state index contributed by atoms with van der Waals surface area (Å²) in [5, 5.41) is 2.92. The van der Waals surface area contributed by atoms with Crippen LogP contribution in [0, 0.1) is 0 Å². The minimum absolute atomic E-state index is 0.701. The van der Waals surface area contributed by atoms with E-state index < -0.39 is 0 Å². The van der Waals surface area contributed by atoms with E-state index in [1.165, 1.54) is 10.5 Å². The number of pyridine rings is 1. The Kier molecular flexibility index (Phi) is 4.51. The Balaban J connectivity index is 1.89. The lowest BCUT2D eigenvalue weighted by molar-refractivity contribution is 0.415. The SMILES string of the molecule is COc1ccc2nc3cc(Cl)ccc3c(SCc3ccccc3)c2c1. The zero-order valence-electron chi connectivity index (χ0n) is 13.7. The maximum Gasteiger partial charge on any atom is 0.119 e. The van der Waals surface area contributed by atoms with Crippen molar-refractivity contribution in [2.75, 3.05) is 7.11 Å². The molecule has 0 aliphatic heterocycles. The van der Waals surface area contributed by atoms with Crippen LogP contribution in [0.5, 0.6) is 5.75 Å². The van der Waals surface area contributed by atoms with Crippen molar-refractivity contribution >= 4 is 45.2 Å². The first-order chi connectivity index (χ1) is 12.2. The number of nitrogens with zero attached hydrogens (tertiary/aromatic N) is 1. The summed E-state index contributed by atoms with van der Waals surface area (Å²) in [6, 6.07) is 22.4. The second kappa shape index (κ2) is 6.95. The zero-order valence-corrected chi connectivity index (χ0v) is 15.3. The smallest absolute Gasteiger partial charge is 0.119 e. The van der Waals surface area contributed by atoms with E-state index in [2.05, 4.69) is 36.4 Å². The maximum absolute atomic E-state index is 6.18. The monoisotopic (exact) mass is 365 g/mol. The van der Waals surface area contributed by atoms with Gasteiger partial charge in [0.25, 0.3) is 0 Å². The van der Waals surface area contributed by atoms with E-state index in [1.54, 1.807) is 7.11 Å². The Labute approximate surface area is 155 Å². The molecular weight excluding hydrogens is 350 g/mol. The molecular formula is C21H16ClNOS. The predicted molar refractivity (Wildman–Crippen MR) is 107 cm³/mol. The van der Waals surface area contributed by atoms with E-state index in [4.69, 9.17) is 21.3 Å². The molecule has 0 fully saturated rings. The van der Waals surface area contributed by atoms with Gasteiger partial charge in [0, 0.05) is 26.4 Å². The van der Waals surface area contributed by atoms with Gasteiger partial charge in [-0.3, -0.25) is 0 Å². The number of benzene rings is 3. The fourth-order valence-electron chi connectivity index (χ4n) is 2.87. The van der Waals surface area contributed by atoms with Crippen LogP contribution in [0.3, 0.4) is 0 Å². The highest BCUT2D eigenvalue weighted by atomic mass is 35.5. The third-order valence-corrected chi connectivity index (χ3v) is 5.56. The molecule has 3 aromatic carbocycles. The molecule has 1 heterocycles. The average molecular weight is 366 g/mol. The fourth-order valence-corrected chi connectivity index (χ4v) is 4.19. The molecule has 0 aliphatic rings. The summed E-state index contributed by atoms with van der Waals surface area (Å²) in [5.41, 5.74) is 3.16. The summed E-state index contributed by atoms with van der Waals surface area (Å²) in [6.45, 7) is 0. The summed E-state index contributed by atoms with van der Waals surface area (Å²) in [6.07, 6.45) is 0. The largest absolute Gasteiger partial charge is 0.497 e. The van der Waals surface area contributed by atoms with Gasteiger partial charge in [0.2, 0.25) is 0 Å². The Hall–Kier alpha value is -2.23. The minimum Gasteiger partial charge on any atom is -0.497 e. The second-order valence-corrected chi connectivity index (χ2v) is 7.18. The topological polar surface area (TPSA) is 22.1 Å². The summed E-state index contributed by atoms with van der Waals surface area (Å²) in [7, 11) is 1.69. The molecule has 4 rings (SSSR count). The molecule has 0 unspecified atom stereocenters. The van der Waals surface area contributed by atoms with Crippen molar-refractivity contribution in [2.24, 2.45) is 0 Å². The molecule has 0 atom stereocenters. The van der Waals surface area contributed by atoms with E-state index in [-0.39, 0.29) is 0 Å². The molecule has 0 spiro atoms. The van der Waals surface area contributed by atoms with E-state index in [0.717, 1.165) is 33.3 Å². The summed E-state index contributed by atoms with van der Waals surface area (Å²) in [4.78, 5) is 5.98. The average Bonchev–Trinajstić information content (AvgIpc) is 2.65. The number of rotatable bonds is 4. The van der Waals surface area contributed by atoms with Crippen molar-refractivity contribution in [3.63, 3.8) is 0 Å². The van der Waals surface area contributed by atoms with E-state index in [0.29, 0.717) is 5.02 Å². The normalized spacial score (nSPS) is 11.1. The van der Waals surface area contributed by atoms with Gasteiger partial charge in [-0.05, 0) is 35.9 Å². The van der Waals surface area contributed by atoms with Gasteiger partial charge in [-0.25, -0.2) is 4.98 Å². The molecule has 0 saturated carbocycles. The molecule has 4 heteroatoms. The molecule has 0 amide bonds. The molecule has 25 heavy (non-hydrogen) atoms. The maximum atomic E-state index is 6.18. The van der Waals surface area contributed by atoms with Crippen LogP contribution in [-0.2, 0) is 5.75 Å². The zero-order chi connectivity index (χ0) is 17.2.